The highest BCUT2D eigenvalue weighted by Gasteiger charge is 2.24. The van der Waals surface area contributed by atoms with E-state index < -0.39 is 15.0 Å². The molecule has 1 unspecified atom stereocenters. The second-order valence-corrected chi connectivity index (χ2v) is 9.67. The molecule has 0 aliphatic rings. The van der Waals surface area contributed by atoms with Gasteiger partial charge in [-0.1, -0.05) is 24.3 Å². The summed E-state index contributed by atoms with van der Waals surface area (Å²) in [6.07, 6.45) is 0.639. The van der Waals surface area contributed by atoms with Crippen molar-refractivity contribution in [3.63, 3.8) is 0 Å². The van der Waals surface area contributed by atoms with Crippen LogP contribution in [0.5, 0.6) is 0 Å². The van der Waals surface area contributed by atoms with Crippen molar-refractivity contribution in [2.75, 3.05) is 26.5 Å². The van der Waals surface area contributed by atoms with E-state index >= 15 is 0 Å². The molecule has 1 aromatic carbocycles. The van der Waals surface area contributed by atoms with Crippen molar-refractivity contribution >= 4 is 15.0 Å². The van der Waals surface area contributed by atoms with Crippen molar-refractivity contribution in [3.05, 3.63) is 35.4 Å². The van der Waals surface area contributed by atoms with E-state index in [1.807, 2.05) is 31.2 Å². The molecule has 0 amide bonds. The second kappa shape index (κ2) is 9.00. The quantitative estimate of drug-likeness (QED) is 0.563. The Hall–Kier alpha value is -0.440. The van der Waals surface area contributed by atoms with E-state index in [1.54, 1.807) is 20.5 Å². The minimum Gasteiger partial charge on any atom is -0.329 e. The molecule has 1 rings (SSSR count). The van der Waals surface area contributed by atoms with E-state index in [9.17, 15) is 9.13 Å². The van der Waals surface area contributed by atoms with Crippen molar-refractivity contribution in [3.8, 4) is 0 Å². The Balaban J connectivity index is 2.76. The molecule has 0 aromatic heterocycles. The molecule has 22 heavy (non-hydrogen) atoms. The van der Waals surface area contributed by atoms with Crippen molar-refractivity contribution in [1.82, 2.24) is 0 Å². The van der Waals surface area contributed by atoms with Gasteiger partial charge in [-0.3, -0.25) is 9.13 Å². The maximum absolute atomic E-state index is 12.5. The zero-order valence-electron chi connectivity index (χ0n) is 13.8. The Bertz CT molecular complexity index is 531. The van der Waals surface area contributed by atoms with E-state index in [4.69, 9.17) is 13.6 Å². The predicted molar refractivity (Wildman–Crippen MR) is 89.9 cm³/mol. The maximum atomic E-state index is 12.5. The van der Waals surface area contributed by atoms with Gasteiger partial charge in [-0.15, -0.1) is 0 Å². The Kier molecular flexibility index (Phi) is 8.02. The molecule has 126 valence electrons. The molecule has 0 bridgehead atoms. The van der Waals surface area contributed by atoms with Crippen LogP contribution >= 0.6 is 15.0 Å². The minimum atomic E-state index is -3.09. The molecule has 0 heterocycles. The van der Waals surface area contributed by atoms with Crippen LogP contribution in [0, 0.1) is 0 Å². The summed E-state index contributed by atoms with van der Waals surface area (Å²) in [5.74, 6) is 0. The first-order valence-corrected chi connectivity index (χ1v) is 11.5. The van der Waals surface area contributed by atoms with Crippen LogP contribution in [0.1, 0.15) is 31.9 Å². The van der Waals surface area contributed by atoms with Gasteiger partial charge in [0.05, 0.1) is 26.0 Å². The van der Waals surface area contributed by atoms with E-state index in [0.717, 1.165) is 11.1 Å². The summed E-state index contributed by atoms with van der Waals surface area (Å²) in [5, 5.41) is 0. The fourth-order valence-electron chi connectivity index (χ4n) is 2.15. The third-order valence-electron chi connectivity index (χ3n) is 2.92. The topological polar surface area (TPSA) is 61.8 Å². The molecule has 1 atom stereocenters. The Morgan fingerprint density at radius 2 is 1.18 bits per heavy atom. The molecule has 0 saturated carbocycles. The maximum Gasteiger partial charge on any atom is 0.335 e. The molecule has 0 N–H and O–H groups in total. The SMILES string of the molecule is CCOP(C)(=O)Cc1ccc(CP(=O)(OCC)OCC)cc1. The number of benzene rings is 1. The summed E-state index contributed by atoms with van der Waals surface area (Å²) in [7, 11) is -5.68. The molecule has 0 aliphatic carbocycles. The molecule has 0 aliphatic heterocycles. The van der Waals surface area contributed by atoms with Crippen LogP contribution in [-0.4, -0.2) is 26.5 Å². The standard InChI is InChI=1S/C15H26O5P2/c1-5-18-21(4,16)12-14-8-10-15(11-9-14)13-22(17,19-6-2)20-7-3/h8-11H,5-7,12-13H2,1-4H3. The van der Waals surface area contributed by atoms with Crippen LogP contribution in [0.4, 0.5) is 0 Å². The van der Waals surface area contributed by atoms with E-state index in [0.29, 0.717) is 26.0 Å². The van der Waals surface area contributed by atoms with Crippen molar-refractivity contribution in [2.24, 2.45) is 0 Å². The van der Waals surface area contributed by atoms with Crippen LogP contribution in [0.15, 0.2) is 24.3 Å². The monoisotopic (exact) mass is 348 g/mol. The van der Waals surface area contributed by atoms with E-state index in [2.05, 4.69) is 0 Å². The predicted octanol–water partition coefficient (Wildman–Crippen LogP) is 4.90. The number of rotatable bonds is 10. The Morgan fingerprint density at radius 3 is 1.59 bits per heavy atom. The van der Waals surface area contributed by atoms with E-state index in [-0.39, 0.29) is 6.16 Å². The smallest absolute Gasteiger partial charge is 0.329 e. The van der Waals surface area contributed by atoms with Gasteiger partial charge in [-0.25, -0.2) is 0 Å². The normalized spacial score (nSPS) is 14.7. The first-order valence-electron chi connectivity index (χ1n) is 7.51. The van der Waals surface area contributed by atoms with Crippen LogP contribution in [0.25, 0.3) is 0 Å². The third kappa shape index (κ3) is 6.76. The third-order valence-corrected chi connectivity index (χ3v) is 6.72. The Labute approximate surface area is 133 Å². The lowest BCUT2D eigenvalue weighted by Crippen LogP contribution is -1.99. The molecule has 0 radical (unpaired) electrons. The summed E-state index contributed by atoms with van der Waals surface area (Å²) in [6, 6.07) is 7.50. The van der Waals surface area contributed by atoms with E-state index in [1.165, 1.54) is 0 Å². The molecule has 5 nitrogen and oxygen atoms in total. The van der Waals surface area contributed by atoms with Crippen LogP contribution < -0.4 is 0 Å². The molecule has 0 spiro atoms. The molecule has 0 fully saturated rings. The lowest BCUT2D eigenvalue weighted by molar-refractivity contribution is 0.219. The average molecular weight is 348 g/mol. The molecular weight excluding hydrogens is 322 g/mol. The van der Waals surface area contributed by atoms with Gasteiger partial charge < -0.3 is 13.6 Å². The van der Waals surface area contributed by atoms with Crippen LogP contribution in [0.3, 0.4) is 0 Å². The first kappa shape index (κ1) is 19.6. The summed E-state index contributed by atoms with van der Waals surface area (Å²) in [6.45, 7) is 8.20. The van der Waals surface area contributed by atoms with Gasteiger partial charge in [-0.2, -0.15) is 0 Å². The van der Waals surface area contributed by atoms with Gasteiger partial charge >= 0.3 is 7.60 Å². The van der Waals surface area contributed by atoms with Gasteiger partial charge in [0.1, 0.15) is 0 Å². The van der Waals surface area contributed by atoms with Gasteiger partial charge in [-0.05, 0) is 31.9 Å². The minimum absolute atomic E-state index is 0.240. The van der Waals surface area contributed by atoms with Crippen LogP contribution in [0.2, 0.25) is 0 Å². The number of hydrogen-bond acceptors (Lipinski definition) is 5. The largest absolute Gasteiger partial charge is 0.335 e. The van der Waals surface area contributed by atoms with Gasteiger partial charge in [0.2, 0.25) is 7.37 Å². The first-order chi connectivity index (χ1) is 10.3. The summed E-state index contributed by atoms with van der Waals surface area (Å²) in [4.78, 5) is 0. The lowest BCUT2D eigenvalue weighted by Gasteiger charge is -2.17. The number of hydrogen-bond donors (Lipinski definition) is 0. The molecular formula is C15H26O5P2. The van der Waals surface area contributed by atoms with Crippen molar-refractivity contribution in [1.29, 1.82) is 0 Å². The summed E-state index contributed by atoms with van der Waals surface area (Å²) < 4.78 is 40.5. The molecule has 1 aromatic rings. The van der Waals surface area contributed by atoms with Gasteiger partial charge in [0, 0.05) is 12.8 Å². The summed E-state index contributed by atoms with van der Waals surface area (Å²) >= 11 is 0. The average Bonchev–Trinajstić information content (AvgIpc) is 2.41. The van der Waals surface area contributed by atoms with Gasteiger partial charge in [0.25, 0.3) is 0 Å². The van der Waals surface area contributed by atoms with Crippen molar-refractivity contribution in [2.45, 2.75) is 33.1 Å². The zero-order valence-corrected chi connectivity index (χ0v) is 15.6. The van der Waals surface area contributed by atoms with Crippen molar-refractivity contribution < 1.29 is 22.7 Å². The fraction of sp³-hybridized carbons (Fsp3) is 0.600. The fourth-order valence-corrected chi connectivity index (χ4v) is 5.36. The molecule has 7 heteroatoms. The highest BCUT2D eigenvalue weighted by molar-refractivity contribution is 7.57. The van der Waals surface area contributed by atoms with Gasteiger partial charge in [0.15, 0.2) is 0 Å². The highest BCUT2D eigenvalue weighted by Crippen LogP contribution is 2.51. The van der Waals surface area contributed by atoms with Crippen LogP contribution in [-0.2, 0) is 35.0 Å². The summed E-state index contributed by atoms with van der Waals surface area (Å²) in [5.41, 5.74) is 1.81. The Morgan fingerprint density at radius 1 is 0.773 bits per heavy atom. The lowest BCUT2D eigenvalue weighted by atomic mass is 10.2. The highest BCUT2D eigenvalue weighted by atomic mass is 31.2. The molecule has 0 saturated heterocycles. The zero-order chi connectivity index (χ0) is 16.6. The second-order valence-electron chi connectivity index (χ2n) is 5.01.